The van der Waals surface area contributed by atoms with Crippen LogP contribution in [0.2, 0.25) is 5.02 Å². The van der Waals surface area contributed by atoms with Crippen LogP contribution >= 0.6 is 11.6 Å². The predicted molar refractivity (Wildman–Crippen MR) is 77.9 cm³/mol. The van der Waals surface area contributed by atoms with E-state index in [1.165, 1.54) is 0 Å². The molecule has 1 aromatic rings. The number of rotatable bonds is 7. The lowest BCUT2D eigenvalue weighted by Gasteiger charge is -2.28. The number of nitrogens with two attached hydrogens (primary N) is 1. The number of carbonyl (C=O) groups excluding carboxylic acids is 1. The maximum Gasteiger partial charge on any atom is 0.274 e. The number of hydrogen-bond donors (Lipinski definition) is 1. The highest BCUT2D eigenvalue weighted by Crippen LogP contribution is 2.18. The topological polar surface area (TPSA) is 77.7 Å². The zero-order valence-corrected chi connectivity index (χ0v) is 12.7. The Morgan fingerprint density at radius 1 is 1.45 bits per heavy atom. The second-order valence-corrected chi connectivity index (χ2v) is 4.77. The van der Waals surface area contributed by atoms with Crippen LogP contribution in [0, 0.1) is 0 Å². The largest absolute Gasteiger partial charge is 0.384 e. The summed E-state index contributed by atoms with van der Waals surface area (Å²) in [6.07, 6.45) is 0. The van der Waals surface area contributed by atoms with Crippen molar-refractivity contribution in [1.29, 1.82) is 0 Å². The Morgan fingerprint density at radius 3 is 2.75 bits per heavy atom. The van der Waals surface area contributed by atoms with Gasteiger partial charge in [0.1, 0.15) is 11.5 Å². The summed E-state index contributed by atoms with van der Waals surface area (Å²) in [4.78, 5) is 18.2. The van der Waals surface area contributed by atoms with E-state index < -0.39 is 0 Å². The van der Waals surface area contributed by atoms with Crippen molar-refractivity contribution in [2.24, 2.45) is 0 Å². The molecule has 7 heteroatoms. The number of nitrogen functional groups attached to an aromatic ring is 1. The van der Waals surface area contributed by atoms with Crippen molar-refractivity contribution < 1.29 is 14.3 Å². The van der Waals surface area contributed by atoms with Gasteiger partial charge < -0.3 is 20.1 Å². The molecule has 0 spiro atoms. The van der Waals surface area contributed by atoms with Gasteiger partial charge in [0.15, 0.2) is 0 Å². The zero-order chi connectivity index (χ0) is 15.1. The normalized spacial score (nSPS) is 12.2. The number of halogens is 1. The van der Waals surface area contributed by atoms with Gasteiger partial charge >= 0.3 is 0 Å². The molecule has 0 saturated heterocycles. The molecule has 0 bridgehead atoms. The van der Waals surface area contributed by atoms with Gasteiger partial charge in [-0.1, -0.05) is 11.6 Å². The molecular weight excluding hydrogens is 282 g/mol. The summed E-state index contributed by atoms with van der Waals surface area (Å²) in [6, 6.07) is 2.99. The fourth-order valence-electron chi connectivity index (χ4n) is 1.79. The third kappa shape index (κ3) is 4.33. The van der Waals surface area contributed by atoms with Crippen molar-refractivity contribution in [2.45, 2.75) is 13.0 Å². The minimum atomic E-state index is -0.288. The highest BCUT2D eigenvalue weighted by Gasteiger charge is 2.24. The number of anilines is 1. The van der Waals surface area contributed by atoms with Crippen LogP contribution in [0.4, 0.5) is 5.82 Å². The lowest BCUT2D eigenvalue weighted by Crippen LogP contribution is -2.43. The quantitative estimate of drug-likeness (QED) is 0.824. The van der Waals surface area contributed by atoms with Gasteiger partial charge in [0.25, 0.3) is 5.91 Å². The maximum absolute atomic E-state index is 12.6. The van der Waals surface area contributed by atoms with E-state index in [-0.39, 0.29) is 28.5 Å². The smallest absolute Gasteiger partial charge is 0.274 e. The number of amides is 1. The fraction of sp³-hybridized carbons (Fsp3) is 0.538. The summed E-state index contributed by atoms with van der Waals surface area (Å²) < 4.78 is 10.1. The van der Waals surface area contributed by atoms with Crippen LogP contribution in [0.3, 0.4) is 0 Å². The molecule has 20 heavy (non-hydrogen) atoms. The van der Waals surface area contributed by atoms with Crippen molar-refractivity contribution >= 4 is 23.3 Å². The van der Waals surface area contributed by atoms with E-state index in [4.69, 9.17) is 26.8 Å². The molecule has 0 aromatic carbocycles. The van der Waals surface area contributed by atoms with Crippen molar-refractivity contribution in [2.75, 3.05) is 39.7 Å². The highest BCUT2D eigenvalue weighted by molar-refractivity contribution is 6.33. The lowest BCUT2D eigenvalue weighted by atomic mass is 10.2. The Bertz CT molecular complexity index is 456. The first-order valence-corrected chi connectivity index (χ1v) is 6.60. The number of nitrogens with zero attached hydrogens (tertiary/aromatic N) is 2. The molecule has 112 valence electrons. The molecule has 1 rings (SSSR count). The molecule has 1 unspecified atom stereocenters. The third-order valence-electron chi connectivity index (χ3n) is 2.81. The molecule has 0 fully saturated rings. The number of pyridine rings is 1. The van der Waals surface area contributed by atoms with Crippen LogP contribution in [-0.4, -0.2) is 55.8 Å². The van der Waals surface area contributed by atoms with Crippen molar-refractivity contribution in [1.82, 2.24) is 9.88 Å². The lowest BCUT2D eigenvalue weighted by molar-refractivity contribution is 0.0474. The Kier molecular flexibility index (Phi) is 6.70. The Labute approximate surface area is 123 Å². The van der Waals surface area contributed by atoms with Crippen molar-refractivity contribution in [3.05, 3.63) is 22.8 Å². The van der Waals surface area contributed by atoms with Gasteiger partial charge in [-0.2, -0.15) is 0 Å². The number of carbonyl (C=O) groups is 1. The van der Waals surface area contributed by atoms with Crippen LogP contribution in [-0.2, 0) is 9.47 Å². The minimum absolute atomic E-state index is 0.123. The molecule has 0 aliphatic heterocycles. The Hall–Kier alpha value is -1.37. The molecule has 1 atom stereocenters. The summed E-state index contributed by atoms with van der Waals surface area (Å²) in [5.41, 5.74) is 5.75. The second kappa shape index (κ2) is 8.04. The average molecular weight is 302 g/mol. The third-order valence-corrected chi connectivity index (χ3v) is 3.11. The molecule has 0 radical (unpaired) electrons. The first-order chi connectivity index (χ1) is 9.51. The van der Waals surface area contributed by atoms with Gasteiger partial charge in [-0.05, 0) is 19.1 Å². The van der Waals surface area contributed by atoms with E-state index in [1.807, 2.05) is 6.92 Å². The monoisotopic (exact) mass is 301 g/mol. The first-order valence-electron chi connectivity index (χ1n) is 6.22. The van der Waals surface area contributed by atoms with Gasteiger partial charge in [0.2, 0.25) is 0 Å². The van der Waals surface area contributed by atoms with Crippen LogP contribution in [0.5, 0.6) is 0 Å². The highest BCUT2D eigenvalue weighted by atomic mass is 35.5. The van der Waals surface area contributed by atoms with Gasteiger partial charge in [-0.3, -0.25) is 4.79 Å². The van der Waals surface area contributed by atoms with Crippen molar-refractivity contribution in [3.63, 3.8) is 0 Å². The van der Waals surface area contributed by atoms with Crippen LogP contribution in [0.15, 0.2) is 12.1 Å². The summed E-state index contributed by atoms with van der Waals surface area (Å²) >= 11 is 6.02. The van der Waals surface area contributed by atoms with Gasteiger partial charge in [0, 0.05) is 20.8 Å². The van der Waals surface area contributed by atoms with E-state index in [9.17, 15) is 4.79 Å². The summed E-state index contributed by atoms with van der Waals surface area (Å²) in [5, 5.41) is 0.274. The van der Waals surface area contributed by atoms with E-state index in [1.54, 1.807) is 31.3 Å². The molecule has 1 aromatic heterocycles. The van der Waals surface area contributed by atoms with Crippen LogP contribution < -0.4 is 5.73 Å². The molecule has 1 heterocycles. The zero-order valence-electron chi connectivity index (χ0n) is 11.9. The van der Waals surface area contributed by atoms with E-state index in [0.29, 0.717) is 19.8 Å². The summed E-state index contributed by atoms with van der Waals surface area (Å²) in [7, 11) is 3.16. The number of hydrogen-bond acceptors (Lipinski definition) is 5. The van der Waals surface area contributed by atoms with Gasteiger partial charge in [-0.25, -0.2) is 4.98 Å². The summed E-state index contributed by atoms with van der Waals surface area (Å²) in [6.45, 7) is 3.14. The SMILES string of the molecule is COCCN(C(=O)c1nc(N)ccc1Cl)C(C)COC. The number of methoxy groups -OCH3 is 2. The fourth-order valence-corrected chi connectivity index (χ4v) is 1.97. The van der Waals surface area contributed by atoms with E-state index in [0.717, 1.165) is 0 Å². The minimum Gasteiger partial charge on any atom is -0.384 e. The summed E-state index contributed by atoms with van der Waals surface area (Å²) in [5.74, 6) is -0.0345. The van der Waals surface area contributed by atoms with Gasteiger partial charge in [0.05, 0.1) is 24.3 Å². The standard InChI is InChI=1S/C13H20ClN3O3/c1-9(8-20-3)17(6-7-19-2)13(18)12-10(14)4-5-11(15)16-12/h4-5,9H,6-8H2,1-3H3,(H2,15,16). The molecule has 0 aliphatic carbocycles. The van der Waals surface area contributed by atoms with Crippen LogP contribution in [0.25, 0.3) is 0 Å². The second-order valence-electron chi connectivity index (χ2n) is 4.36. The molecule has 1 amide bonds. The van der Waals surface area contributed by atoms with Gasteiger partial charge in [-0.15, -0.1) is 0 Å². The maximum atomic E-state index is 12.6. The van der Waals surface area contributed by atoms with Crippen molar-refractivity contribution in [3.8, 4) is 0 Å². The van der Waals surface area contributed by atoms with E-state index >= 15 is 0 Å². The Balaban J connectivity index is 2.99. The molecule has 0 saturated carbocycles. The molecule has 0 aliphatic rings. The predicted octanol–water partition coefficient (Wildman–Crippen LogP) is 1.44. The first kappa shape index (κ1) is 16.7. The number of aromatic nitrogens is 1. The average Bonchev–Trinajstić information content (AvgIpc) is 2.42. The molecule has 2 N–H and O–H groups in total. The molecular formula is C13H20ClN3O3. The molecule has 6 nitrogen and oxygen atoms in total. The number of ether oxygens (including phenoxy) is 2. The van der Waals surface area contributed by atoms with E-state index in [2.05, 4.69) is 4.98 Å². The Morgan fingerprint density at radius 2 is 2.15 bits per heavy atom. The van der Waals surface area contributed by atoms with Crippen LogP contribution in [0.1, 0.15) is 17.4 Å².